The summed E-state index contributed by atoms with van der Waals surface area (Å²) in [5, 5.41) is 23.3. The van der Waals surface area contributed by atoms with Crippen molar-refractivity contribution in [3.8, 4) is 28.5 Å². The number of nitrogens with zero attached hydrogens (tertiary/aromatic N) is 1. The monoisotopic (exact) mass is 523 g/mol. The molecule has 4 aromatic rings. The molecule has 0 saturated heterocycles. The largest absolute Gasteiger partial charge is 0.504 e. The van der Waals surface area contributed by atoms with Gasteiger partial charge in [0.25, 0.3) is 0 Å². The molecule has 1 aromatic heterocycles. The number of phenols is 1. The SMILES string of the molecule is COC(=O)[C@@H]1C[C@]2(O)c3ccnc(-c4ccc(OC)c(O)c4)c3O[C@@]2(c2ccc(C)cc2)[C@@H]1c1ccccc1. The van der Waals surface area contributed by atoms with Gasteiger partial charge in [0.05, 0.1) is 20.1 Å². The maximum Gasteiger partial charge on any atom is 0.309 e. The molecule has 2 N–H and O–H groups in total. The van der Waals surface area contributed by atoms with Gasteiger partial charge in [-0.15, -0.1) is 0 Å². The fraction of sp³-hybridized carbons (Fsp3) is 0.250. The topological polar surface area (TPSA) is 98.1 Å². The lowest BCUT2D eigenvalue weighted by molar-refractivity contribution is -0.146. The first kappa shape index (κ1) is 24.9. The van der Waals surface area contributed by atoms with Gasteiger partial charge in [-0.2, -0.15) is 0 Å². The summed E-state index contributed by atoms with van der Waals surface area (Å²) in [4.78, 5) is 17.9. The molecule has 1 saturated carbocycles. The standard InChI is InChI=1S/C32H29NO6/c1-19-9-12-22(13-10-19)32-27(20-7-5-4-6-8-20)23(30(35)38-3)18-31(32,36)24-15-16-33-28(29(24)39-32)21-11-14-26(37-2)25(34)17-21/h4-17,23,27,34,36H,18H2,1-3H3/t23-,27-,31+,32+/m1/s1. The van der Waals surface area contributed by atoms with Crippen LogP contribution in [0.1, 0.15) is 34.6 Å². The molecule has 0 amide bonds. The molecule has 1 fully saturated rings. The number of hydrogen-bond donors (Lipinski definition) is 2. The van der Waals surface area contributed by atoms with E-state index in [1.54, 1.807) is 30.5 Å². The van der Waals surface area contributed by atoms with E-state index in [1.165, 1.54) is 14.2 Å². The van der Waals surface area contributed by atoms with Crippen LogP contribution in [0.5, 0.6) is 17.2 Å². The lowest BCUT2D eigenvalue weighted by Crippen LogP contribution is -2.48. The third-order valence-electron chi connectivity index (χ3n) is 8.18. The van der Waals surface area contributed by atoms with Crippen LogP contribution in [0.3, 0.4) is 0 Å². The molecule has 0 radical (unpaired) electrons. The van der Waals surface area contributed by atoms with Gasteiger partial charge in [-0.3, -0.25) is 9.78 Å². The van der Waals surface area contributed by atoms with Gasteiger partial charge in [0, 0.05) is 23.2 Å². The number of aryl methyl sites for hydroxylation is 1. The Balaban J connectivity index is 1.63. The molecule has 6 rings (SSSR count). The second-order valence-electron chi connectivity index (χ2n) is 10.2. The fourth-order valence-electron chi connectivity index (χ4n) is 6.44. The molecule has 0 unspecified atom stereocenters. The second-order valence-corrected chi connectivity index (χ2v) is 10.2. The molecule has 2 aliphatic rings. The summed E-state index contributed by atoms with van der Waals surface area (Å²) < 4.78 is 17.5. The number of rotatable bonds is 5. The molecule has 1 aliphatic carbocycles. The number of pyridine rings is 1. The maximum absolute atomic E-state index is 13.3. The van der Waals surface area contributed by atoms with E-state index >= 15 is 0 Å². The Bertz CT molecular complexity index is 1550. The number of carbonyl (C=O) groups excluding carboxylic acids is 1. The highest BCUT2D eigenvalue weighted by Gasteiger charge is 2.73. The Morgan fingerprint density at radius 3 is 2.44 bits per heavy atom. The Labute approximate surface area is 226 Å². The predicted octanol–water partition coefficient (Wildman–Crippen LogP) is 5.22. The van der Waals surface area contributed by atoms with Crippen molar-refractivity contribution in [3.63, 3.8) is 0 Å². The Kier molecular flexibility index (Phi) is 5.84. The molecule has 7 nitrogen and oxygen atoms in total. The molecule has 4 atom stereocenters. The zero-order chi connectivity index (χ0) is 27.4. The van der Waals surface area contributed by atoms with E-state index in [1.807, 2.05) is 61.5 Å². The normalized spacial score (nSPS) is 24.9. The second kappa shape index (κ2) is 9.13. The molecule has 39 heavy (non-hydrogen) atoms. The van der Waals surface area contributed by atoms with Crippen molar-refractivity contribution in [3.05, 3.63) is 107 Å². The van der Waals surface area contributed by atoms with Crippen LogP contribution in [0.2, 0.25) is 0 Å². The highest BCUT2D eigenvalue weighted by atomic mass is 16.5. The third kappa shape index (κ3) is 3.53. The molecule has 198 valence electrons. The van der Waals surface area contributed by atoms with Crippen molar-refractivity contribution in [2.75, 3.05) is 14.2 Å². The molecule has 0 spiro atoms. The van der Waals surface area contributed by atoms with Crippen LogP contribution in [0.15, 0.2) is 85.1 Å². The minimum Gasteiger partial charge on any atom is -0.504 e. The average Bonchev–Trinajstić information content (AvgIpc) is 3.37. The van der Waals surface area contributed by atoms with Gasteiger partial charge in [0.1, 0.15) is 11.3 Å². The number of methoxy groups -OCH3 is 2. The third-order valence-corrected chi connectivity index (χ3v) is 8.18. The van der Waals surface area contributed by atoms with E-state index < -0.39 is 29.0 Å². The molecule has 2 heterocycles. The van der Waals surface area contributed by atoms with Crippen LogP contribution in [-0.2, 0) is 20.7 Å². The summed E-state index contributed by atoms with van der Waals surface area (Å²) in [6.45, 7) is 2.00. The number of ether oxygens (including phenoxy) is 3. The summed E-state index contributed by atoms with van der Waals surface area (Å²) in [6.07, 6.45) is 1.71. The van der Waals surface area contributed by atoms with Gasteiger partial charge in [0.15, 0.2) is 22.8 Å². The highest BCUT2D eigenvalue weighted by Crippen LogP contribution is 2.69. The molecular weight excluding hydrogens is 494 g/mol. The van der Waals surface area contributed by atoms with E-state index in [4.69, 9.17) is 14.2 Å². The van der Waals surface area contributed by atoms with Crippen molar-refractivity contribution in [2.24, 2.45) is 5.92 Å². The van der Waals surface area contributed by atoms with Gasteiger partial charge in [0.2, 0.25) is 0 Å². The first-order valence-electron chi connectivity index (χ1n) is 12.8. The van der Waals surface area contributed by atoms with Crippen LogP contribution in [-0.4, -0.2) is 35.4 Å². The number of aliphatic hydroxyl groups is 1. The molecule has 1 aliphatic heterocycles. The molecule has 7 heteroatoms. The molecule has 3 aromatic carbocycles. The van der Waals surface area contributed by atoms with Crippen LogP contribution in [0.4, 0.5) is 0 Å². The van der Waals surface area contributed by atoms with Crippen LogP contribution >= 0.6 is 0 Å². The lowest BCUT2D eigenvalue weighted by Gasteiger charge is -2.40. The van der Waals surface area contributed by atoms with Crippen LogP contribution in [0, 0.1) is 12.8 Å². The van der Waals surface area contributed by atoms with E-state index in [-0.39, 0.29) is 12.2 Å². The number of aromatic nitrogens is 1. The number of fused-ring (bicyclic) bond motifs is 3. The van der Waals surface area contributed by atoms with E-state index in [9.17, 15) is 15.0 Å². The highest BCUT2D eigenvalue weighted by molar-refractivity contribution is 5.78. The van der Waals surface area contributed by atoms with Gasteiger partial charge in [-0.1, -0.05) is 60.2 Å². The first-order chi connectivity index (χ1) is 18.8. The van der Waals surface area contributed by atoms with Gasteiger partial charge in [-0.25, -0.2) is 0 Å². The molecular formula is C32H29NO6. The van der Waals surface area contributed by atoms with Gasteiger partial charge < -0.3 is 24.4 Å². The summed E-state index contributed by atoms with van der Waals surface area (Å²) in [6, 6.07) is 24.3. The number of carbonyl (C=O) groups is 1. The van der Waals surface area contributed by atoms with Crippen molar-refractivity contribution in [1.29, 1.82) is 0 Å². The Morgan fingerprint density at radius 2 is 1.77 bits per heavy atom. The predicted molar refractivity (Wildman–Crippen MR) is 145 cm³/mol. The first-order valence-corrected chi connectivity index (χ1v) is 12.8. The van der Waals surface area contributed by atoms with Gasteiger partial charge in [-0.05, 0) is 48.7 Å². The van der Waals surface area contributed by atoms with Crippen LogP contribution in [0.25, 0.3) is 11.3 Å². The van der Waals surface area contributed by atoms with Crippen molar-refractivity contribution in [1.82, 2.24) is 4.98 Å². The maximum atomic E-state index is 13.3. The Hall–Kier alpha value is -4.36. The number of hydrogen-bond acceptors (Lipinski definition) is 7. The summed E-state index contributed by atoms with van der Waals surface area (Å²) >= 11 is 0. The Morgan fingerprint density at radius 1 is 1.03 bits per heavy atom. The minimum atomic E-state index is -1.58. The number of aromatic hydroxyl groups is 1. The van der Waals surface area contributed by atoms with Crippen LogP contribution < -0.4 is 9.47 Å². The van der Waals surface area contributed by atoms with Crippen molar-refractivity contribution in [2.45, 2.75) is 30.5 Å². The minimum absolute atomic E-state index is 0.0347. The smallest absolute Gasteiger partial charge is 0.309 e. The van der Waals surface area contributed by atoms with Crippen molar-refractivity contribution >= 4 is 5.97 Å². The zero-order valence-corrected chi connectivity index (χ0v) is 21.9. The van der Waals surface area contributed by atoms with Gasteiger partial charge >= 0.3 is 5.97 Å². The number of esters is 1. The lowest BCUT2D eigenvalue weighted by atomic mass is 9.71. The fourth-order valence-corrected chi connectivity index (χ4v) is 6.44. The van der Waals surface area contributed by atoms with E-state index in [0.717, 1.165) is 16.7 Å². The van der Waals surface area contributed by atoms with Crippen molar-refractivity contribution < 1.29 is 29.2 Å². The number of phenolic OH excluding ortho intramolecular Hbond substituents is 1. The number of benzene rings is 3. The zero-order valence-electron chi connectivity index (χ0n) is 21.9. The summed E-state index contributed by atoms with van der Waals surface area (Å²) in [7, 11) is 2.86. The van der Waals surface area contributed by atoms with E-state index in [2.05, 4.69) is 4.98 Å². The summed E-state index contributed by atoms with van der Waals surface area (Å²) in [5.41, 5.74) is 1.34. The molecule has 0 bridgehead atoms. The quantitative estimate of drug-likeness (QED) is 0.346. The average molecular weight is 524 g/mol. The van der Waals surface area contributed by atoms with E-state index in [0.29, 0.717) is 28.3 Å². The summed E-state index contributed by atoms with van der Waals surface area (Å²) in [5.74, 6) is -0.926.